The van der Waals surface area contributed by atoms with Gasteiger partial charge in [-0.15, -0.1) is 0 Å². The zero-order valence-corrected chi connectivity index (χ0v) is 19.9. The first kappa shape index (κ1) is 23.9. The summed E-state index contributed by atoms with van der Waals surface area (Å²) in [6.07, 6.45) is 4.58. The summed E-state index contributed by atoms with van der Waals surface area (Å²) in [6.45, 7) is 4.83. The maximum absolute atomic E-state index is 13.2. The van der Waals surface area contributed by atoms with E-state index in [1.165, 1.54) is 36.1 Å². The van der Waals surface area contributed by atoms with Crippen LogP contribution in [-0.2, 0) is 0 Å². The molecule has 9 heteroatoms. The lowest BCUT2D eigenvalue weighted by atomic mass is 10.0. The summed E-state index contributed by atoms with van der Waals surface area (Å²) < 4.78 is 1.44. The first-order valence-corrected chi connectivity index (χ1v) is 11.9. The first-order chi connectivity index (χ1) is 16.4. The maximum Gasteiger partial charge on any atom is 0.271 e. The number of hydrogen-bond donors (Lipinski definition) is 1. The standard InChI is InChI=1S/C25H28ClN5O3/c1-18-8-4-5-14-29(18)15-7-13-27-25(32)24-17-23(21-11-2-3-12-22(21)26)28-30(24)19-9-6-10-20(16-19)31(33)34/h2-3,6,9-12,16-18H,4-5,7-8,13-15H2,1H3,(H,27,32). The second-order valence-corrected chi connectivity index (χ2v) is 8.98. The number of piperidine rings is 1. The van der Waals surface area contributed by atoms with Gasteiger partial charge in [0.2, 0.25) is 0 Å². The fraction of sp³-hybridized carbons (Fsp3) is 0.360. The third-order valence-corrected chi connectivity index (χ3v) is 6.55. The Kier molecular flexibility index (Phi) is 7.59. The van der Waals surface area contributed by atoms with E-state index in [-0.39, 0.29) is 11.6 Å². The second kappa shape index (κ2) is 10.8. The molecule has 1 atom stereocenters. The zero-order chi connectivity index (χ0) is 24.1. The minimum absolute atomic E-state index is 0.0747. The monoisotopic (exact) mass is 481 g/mol. The molecule has 178 valence electrons. The number of rotatable bonds is 8. The molecule has 0 aliphatic carbocycles. The molecule has 4 rings (SSSR count). The fourth-order valence-corrected chi connectivity index (χ4v) is 4.58. The average molecular weight is 482 g/mol. The van der Waals surface area contributed by atoms with Crippen LogP contribution in [0.4, 0.5) is 5.69 Å². The van der Waals surface area contributed by atoms with Crippen LogP contribution in [0.1, 0.15) is 43.1 Å². The molecule has 0 spiro atoms. The molecule has 1 aliphatic heterocycles. The largest absolute Gasteiger partial charge is 0.351 e. The molecule has 2 heterocycles. The molecule has 2 aromatic carbocycles. The Morgan fingerprint density at radius 3 is 2.79 bits per heavy atom. The van der Waals surface area contributed by atoms with E-state index in [2.05, 4.69) is 22.2 Å². The quantitative estimate of drug-likeness (QED) is 0.274. The van der Waals surface area contributed by atoms with Crippen molar-refractivity contribution in [1.29, 1.82) is 0 Å². The summed E-state index contributed by atoms with van der Waals surface area (Å²) >= 11 is 6.36. The van der Waals surface area contributed by atoms with Gasteiger partial charge in [0.05, 0.1) is 21.3 Å². The third-order valence-electron chi connectivity index (χ3n) is 6.23. The van der Waals surface area contributed by atoms with Crippen LogP contribution in [0.5, 0.6) is 0 Å². The lowest BCUT2D eigenvalue weighted by Gasteiger charge is -2.33. The van der Waals surface area contributed by atoms with Gasteiger partial charge < -0.3 is 10.2 Å². The molecule has 1 N–H and O–H groups in total. The van der Waals surface area contributed by atoms with E-state index in [0.29, 0.717) is 40.2 Å². The van der Waals surface area contributed by atoms with Crippen LogP contribution in [-0.4, -0.2) is 51.2 Å². The minimum Gasteiger partial charge on any atom is -0.351 e. The second-order valence-electron chi connectivity index (χ2n) is 8.57. The van der Waals surface area contributed by atoms with Gasteiger partial charge >= 0.3 is 0 Å². The molecule has 1 amide bonds. The number of carbonyl (C=O) groups is 1. The number of nitrogens with one attached hydrogen (secondary N) is 1. The Morgan fingerprint density at radius 1 is 1.21 bits per heavy atom. The number of halogens is 1. The van der Waals surface area contributed by atoms with Gasteiger partial charge in [-0.1, -0.05) is 42.3 Å². The molecule has 1 fully saturated rings. The number of likely N-dealkylation sites (tertiary alicyclic amines) is 1. The molecule has 34 heavy (non-hydrogen) atoms. The molecule has 1 saturated heterocycles. The fourth-order valence-electron chi connectivity index (χ4n) is 4.34. The summed E-state index contributed by atoms with van der Waals surface area (Å²) in [5, 5.41) is 19.4. The number of non-ortho nitro benzene ring substituents is 1. The van der Waals surface area contributed by atoms with E-state index in [1.54, 1.807) is 24.3 Å². The van der Waals surface area contributed by atoms with E-state index in [4.69, 9.17) is 11.6 Å². The lowest BCUT2D eigenvalue weighted by molar-refractivity contribution is -0.384. The van der Waals surface area contributed by atoms with Gasteiger partial charge in [0.15, 0.2) is 0 Å². The van der Waals surface area contributed by atoms with Crippen LogP contribution in [0.3, 0.4) is 0 Å². The number of nitro groups is 1. The number of benzene rings is 2. The number of carbonyl (C=O) groups excluding carboxylic acids is 1. The van der Waals surface area contributed by atoms with E-state index in [9.17, 15) is 14.9 Å². The van der Waals surface area contributed by atoms with Gasteiger partial charge in [0.25, 0.3) is 11.6 Å². The van der Waals surface area contributed by atoms with Crippen LogP contribution in [0.15, 0.2) is 54.6 Å². The van der Waals surface area contributed by atoms with Gasteiger partial charge in [-0.3, -0.25) is 14.9 Å². The summed E-state index contributed by atoms with van der Waals surface area (Å²) in [6, 6.07) is 15.6. The highest BCUT2D eigenvalue weighted by Gasteiger charge is 2.21. The van der Waals surface area contributed by atoms with Gasteiger partial charge in [-0.05, 0) is 50.9 Å². The van der Waals surface area contributed by atoms with Gasteiger partial charge in [-0.2, -0.15) is 5.10 Å². The maximum atomic E-state index is 13.2. The van der Waals surface area contributed by atoms with Crippen LogP contribution >= 0.6 is 11.6 Å². The van der Waals surface area contributed by atoms with Crippen molar-refractivity contribution in [3.8, 4) is 16.9 Å². The van der Waals surface area contributed by atoms with Gasteiger partial charge in [-0.25, -0.2) is 4.68 Å². The SMILES string of the molecule is CC1CCCCN1CCCNC(=O)c1cc(-c2ccccc2Cl)nn1-c1cccc([N+](=O)[O-])c1. The highest BCUT2D eigenvalue weighted by molar-refractivity contribution is 6.33. The highest BCUT2D eigenvalue weighted by atomic mass is 35.5. The van der Waals surface area contributed by atoms with Crippen LogP contribution in [0.2, 0.25) is 5.02 Å². The zero-order valence-electron chi connectivity index (χ0n) is 19.1. The Morgan fingerprint density at radius 2 is 2.03 bits per heavy atom. The minimum atomic E-state index is -0.469. The van der Waals surface area contributed by atoms with E-state index < -0.39 is 4.92 Å². The summed E-state index contributed by atoms with van der Waals surface area (Å²) in [5.41, 5.74) is 1.85. The third kappa shape index (κ3) is 5.46. The van der Waals surface area contributed by atoms with E-state index in [0.717, 1.165) is 19.5 Å². The van der Waals surface area contributed by atoms with Gasteiger partial charge in [0, 0.05) is 36.8 Å². The van der Waals surface area contributed by atoms with Crippen LogP contribution in [0, 0.1) is 10.1 Å². The summed E-state index contributed by atoms with van der Waals surface area (Å²) in [5.74, 6) is -0.288. The van der Waals surface area contributed by atoms with Crippen molar-refractivity contribution in [2.75, 3.05) is 19.6 Å². The Bertz CT molecular complexity index is 1180. The van der Waals surface area contributed by atoms with Crippen molar-refractivity contribution in [1.82, 2.24) is 20.0 Å². The van der Waals surface area contributed by atoms with Crippen LogP contribution < -0.4 is 5.32 Å². The number of aromatic nitrogens is 2. The Labute approximate surface area is 203 Å². The lowest BCUT2D eigenvalue weighted by Crippen LogP contribution is -2.39. The highest BCUT2D eigenvalue weighted by Crippen LogP contribution is 2.29. The van der Waals surface area contributed by atoms with Crippen molar-refractivity contribution < 1.29 is 9.72 Å². The Hall–Kier alpha value is -3.23. The van der Waals surface area contributed by atoms with Gasteiger partial charge in [0.1, 0.15) is 5.69 Å². The van der Waals surface area contributed by atoms with Crippen molar-refractivity contribution in [3.05, 3.63) is 75.4 Å². The summed E-state index contributed by atoms with van der Waals surface area (Å²) in [4.78, 5) is 26.4. The molecule has 1 aliphatic rings. The van der Waals surface area contributed by atoms with Crippen molar-refractivity contribution >= 4 is 23.2 Å². The molecule has 0 radical (unpaired) electrons. The van der Waals surface area contributed by atoms with E-state index >= 15 is 0 Å². The van der Waals surface area contributed by atoms with E-state index in [1.807, 2.05) is 18.2 Å². The van der Waals surface area contributed by atoms with Crippen LogP contribution in [0.25, 0.3) is 16.9 Å². The topological polar surface area (TPSA) is 93.3 Å². The summed E-state index contributed by atoms with van der Waals surface area (Å²) in [7, 11) is 0. The molecule has 0 saturated carbocycles. The normalized spacial score (nSPS) is 16.4. The number of nitrogens with zero attached hydrogens (tertiary/aromatic N) is 4. The predicted molar refractivity (Wildman–Crippen MR) is 133 cm³/mol. The van der Waals surface area contributed by atoms with Crippen molar-refractivity contribution in [2.45, 2.75) is 38.6 Å². The molecule has 1 aromatic heterocycles. The molecule has 1 unspecified atom stereocenters. The molecule has 3 aromatic rings. The molecule has 0 bridgehead atoms. The van der Waals surface area contributed by atoms with Crippen molar-refractivity contribution in [3.63, 3.8) is 0 Å². The molecule has 8 nitrogen and oxygen atoms in total. The average Bonchev–Trinajstić information content (AvgIpc) is 3.28. The molecular weight excluding hydrogens is 454 g/mol. The Balaban J connectivity index is 1.56. The smallest absolute Gasteiger partial charge is 0.271 e. The number of amides is 1. The first-order valence-electron chi connectivity index (χ1n) is 11.6. The van der Waals surface area contributed by atoms with Crippen molar-refractivity contribution in [2.24, 2.45) is 0 Å². The molecular formula is C25H28ClN5O3. The number of nitro benzene ring substituents is 1. The predicted octanol–water partition coefficient (Wildman–Crippen LogP) is 5.10. The number of hydrogen-bond acceptors (Lipinski definition) is 5.